The SMILES string of the molecule is Cc1sc(CCN=C=O)cc1Br. The number of nitrogens with zero attached hydrogens (tertiary/aromatic N) is 1. The maximum atomic E-state index is 9.77. The summed E-state index contributed by atoms with van der Waals surface area (Å²) in [6.07, 6.45) is 2.35. The average molecular weight is 246 g/mol. The van der Waals surface area contributed by atoms with Gasteiger partial charge in [-0.2, -0.15) is 0 Å². The molecule has 1 rings (SSSR count). The number of hydrogen-bond donors (Lipinski definition) is 0. The summed E-state index contributed by atoms with van der Waals surface area (Å²) in [5.74, 6) is 0. The lowest BCUT2D eigenvalue weighted by Crippen LogP contribution is -1.83. The number of aliphatic imine (C=N–C) groups is 1. The van der Waals surface area contributed by atoms with E-state index in [4.69, 9.17) is 0 Å². The quantitative estimate of drug-likeness (QED) is 0.595. The Bertz CT molecular complexity index is 295. The third-order valence-corrected chi connectivity index (χ3v) is 3.64. The molecule has 0 aliphatic carbocycles. The summed E-state index contributed by atoms with van der Waals surface area (Å²) < 4.78 is 1.14. The smallest absolute Gasteiger partial charge is 0.211 e. The number of isocyanates is 1. The van der Waals surface area contributed by atoms with Crippen LogP contribution in [0.2, 0.25) is 0 Å². The summed E-state index contributed by atoms with van der Waals surface area (Å²) in [5, 5.41) is 0. The van der Waals surface area contributed by atoms with Gasteiger partial charge in [-0.25, -0.2) is 9.79 Å². The van der Waals surface area contributed by atoms with Crippen molar-refractivity contribution in [1.29, 1.82) is 0 Å². The van der Waals surface area contributed by atoms with Crippen LogP contribution in [0.3, 0.4) is 0 Å². The molecule has 0 amide bonds. The molecule has 64 valence electrons. The van der Waals surface area contributed by atoms with E-state index in [-0.39, 0.29) is 0 Å². The molecule has 0 radical (unpaired) electrons. The first-order chi connectivity index (χ1) is 5.74. The predicted molar refractivity (Wildman–Crippen MR) is 53.4 cm³/mol. The van der Waals surface area contributed by atoms with Gasteiger partial charge in [-0.3, -0.25) is 0 Å². The van der Waals surface area contributed by atoms with Crippen LogP contribution in [0.15, 0.2) is 15.5 Å². The lowest BCUT2D eigenvalue weighted by Gasteiger charge is -1.87. The highest BCUT2D eigenvalue weighted by Gasteiger charge is 2.01. The maximum absolute atomic E-state index is 9.77. The van der Waals surface area contributed by atoms with Crippen LogP contribution >= 0.6 is 27.3 Å². The lowest BCUT2D eigenvalue weighted by molar-refractivity contribution is 0.563. The standard InChI is InChI=1S/C8H8BrNOS/c1-6-8(9)4-7(12-6)2-3-10-5-11/h4H,2-3H2,1H3. The number of halogens is 1. The second-order valence-electron chi connectivity index (χ2n) is 2.34. The molecule has 0 aliphatic heterocycles. The molecule has 0 unspecified atom stereocenters. The van der Waals surface area contributed by atoms with E-state index in [9.17, 15) is 4.79 Å². The van der Waals surface area contributed by atoms with Crippen molar-refractivity contribution in [2.75, 3.05) is 6.54 Å². The van der Waals surface area contributed by atoms with Crippen molar-refractivity contribution in [3.63, 3.8) is 0 Å². The van der Waals surface area contributed by atoms with E-state index >= 15 is 0 Å². The van der Waals surface area contributed by atoms with Gasteiger partial charge < -0.3 is 0 Å². The monoisotopic (exact) mass is 245 g/mol. The van der Waals surface area contributed by atoms with Gasteiger partial charge in [-0.1, -0.05) is 0 Å². The maximum Gasteiger partial charge on any atom is 0.234 e. The number of thiophene rings is 1. The molecule has 12 heavy (non-hydrogen) atoms. The van der Waals surface area contributed by atoms with Crippen LogP contribution in [0.25, 0.3) is 0 Å². The van der Waals surface area contributed by atoms with E-state index in [0.717, 1.165) is 10.9 Å². The Hall–Kier alpha value is -0.440. The fourth-order valence-electron chi connectivity index (χ4n) is 0.853. The predicted octanol–water partition coefficient (Wildman–Crippen LogP) is 2.70. The molecule has 0 fully saturated rings. The molecular formula is C8H8BrNOS. The molecule has 1 aromatic heterocycles. The van der Waals surface area contributed by atoms with Gasteiger partial charge in [0, 0.05) is 20.6 Å². The first-order valence-electron chi connectivity index (χ1n) is 3.52. The zero-order valence-corrected chi connectivity index (χ0v) is 9.04. The number of aryl methyl sites for hydroxylation is 1. The minimum atomic E-state index is 0.538. The summed E-state index contributed by atoms with van der Waals surface area (Å²) in [5.41, 5.74) is 0. The van der Waals surface area contributed by atoms with Crippen LogP contribution in [-0.2, 0) is 11.2 Å². The van der Waals surface area contributed by atoms with Crippen molar-refractivity contribution in [3.05, 3.63) is 20.3 Å². The van der Waals surface area contributed by atoms with Gasteiger partial charge in [0.25, 0.3) is 0 Å². The van der Waals surface area contributed by atoms with Gasteiger partial charge in [0.2, 0.25) is 6.08 Å². The van der Waals surface area contributed by atoms with E-state index in [2.05, 4.69) is 33.9 Å². The van der Waals surface area contributed by atoms with Gasteiger partial charge in [-0.15, -0.1) is 11.3 Å². The van der Waals surface area contributed by atoms with Gasteiger partial charge in [0.15, 0.2) is 0 Å². The molecule has 0 saturated carbocycles. The normalized spacial score (nSPS) is 9.50. The second kappa shape index (κ2) is 4.55. The molecule has 0 atom stereocenters. The zero-order chi connectivity index (χ0) is 8.97. The van der Waals surface area contributed by atoms with Crippen molar-refractivity contribution >= 4 is 33.3 Å². The molecule has 0 N–H and O–H groups in total. The Balaban J connectivity index is 2.58. The van der Waals surface area contributed by atoms with Crippen molar-refractivity contribution in [3.8, 4) is 0 Å². The summed E-state index contributed by atoms with van der Waals surface area (Å²) in [4.78, 5) is 15.8. The van der Waals surface area contributed by atoms with Gasteiger partial charge in [0.05, 0.1) is 6.54 Å². The fourth-order valence-corrected chi connectivity index (χ4v) is 2.44. The highest BCUT2D eigenvalue weighted by Crippen LogP contribution is 2.26. The Morgan fingerprint density at radius 3 is 3.00 bits per heavy atom. The topological polar surface area (TPSA) is 29.4 Å². The van der Waals surface area contributed by atoms with Crippen LogP contribution in [0.4, 0.5) is 0 Å². The summed E-state index contributed by atoms with van der Waals surface area (Å²) >= 11 is 5.16. The van der Waals surface area contributed by atoms with Crippen LogP contribution < -0.4 is 0 Å². The molecule has 0 spiro atoms. The van der Waals surface area contributed by atoms with E-state index in [1.165, 1.54) is 15.8 Å². The molecule has 0 saturated heterocycles. The molecule has 0 aliphatic rings. The summed E-state index contributed by atoms with van der Waals surface area (Å²) in [7, 11) is 0. The van der Waals surface area contributed by atoms with Crippen molar-refractivity contribution < 1.29 is 4.79 Å². The van der Waals surface area contributed by atoms with Crippen molar-refractivity contribution in [2.24, 2.45) is 4.99 Å². The van der Waals surface area contributed by atoms with Gasteiger partial charge in [-0.05, 0) is 28.9 Å². The minimum Gasteiger partial charge on any atom is -0.211 e. The minimum absolute atomic E-state index is 0.538. The third-order valence-electron chi connectivity index (χ3n) is 1.44. The molecule has 0 aromatic carbocycles. The van der Waals surface area contributed by atoms with E-state index < -0.39 is 0 Å². The molecule has 1 aromatic rings. The van der Waals surface area contributed by atoms with Crippen molar-refractivity contribution in [1.82, 2.24) is 0 Å². The van der Waals surface area contributed by atoms with Gasteiger partial charge >= 0.3 is 0 Å². The molecule has 2 nitrogen and oxygen atoms in total. The number of hydrogen-bond acceptors (Lipinski definition) is 3. The molecule has 1 heterocycles. The van der Waals surface area contributed by atoms with Crippen LogP contribution in [0, 0.1) is 6.92 Å². The lowest BCUT2D eigenvalue weighted by atomic mass is 10.3. The van der Waals surface area contributed by atoms with Crippen molar-refractivity contribution in [2.45, 2.75) is 13.3 Å². The Morgan fingerprint density at radius 2 is 2.50 bits per heavy atom. The Labute approximate surface area is 83.5 Å². The van der Waals surface area contributed by atoms with E-state index in [0.29, 0.717) is 6.54 Å². The first kappa shape index (κ1) is 9.65. The highest BCUT2D eigenvalue weighted by atomic mass is 79.9. The van der Waals surface area contributed by atoms with E-state index in [1.54, 1.807) is 11.3 Å². The van der Waals surface area contributed by atoms with Crippen LogP contribution in [0.1, 0.15) is 9.75 Å². The third kappa shape index (κ3) is 2.55. The Kier molecular flexibility index (Phi) is 3.66. The largest absolute Gasteiger partial charge is 0.234 e. The summed E-state index contributed by atoms with van der Waals surface area (Å²) in [6, 6.07) is 2.07. The fraction of sp³-hybridized carbons (Fsp3) is 0.375. The molecular weight excluding hydrogens is 238 g/mol. The second-order valence-corrected chi connectivity index (χ2v) is 4.54. The zero-order valence-electron chi connectivity index (χ0n) is 6.63. The van der Waals surface area contributed by atoms with Gasteiger partial charge in [0.1, 0.15) is 0 Å². The van der Waals surface area contributed by atoms with Crippen LogP contribution in [-0.4, -0.2) is 12.6 Å². The first-order valence-corrected chi connectivity index (χ1v) is 5.13. The Morgan fingerprint density at radius 1 is 1.75 bits per heavy atom. The van der Waals surface area contributed by atoms with Crippen LogP contribution in [0.5, 0.6) is 0 Å². The van der Waals surface area contributed by atoms with E-state index in [1.807, 2.05) is 0 Å². The summed E-state index contributed by atoms with van der Waals surface area (Å²) in [6.45, 7) is 2.59. The molecule has 4 heteroatoms. The highest BCUT2D eigenvalue weighted by molar-refractivity contribution is 9.10. The number of rotatable bonds is 3. The molecule has 0 bridgehead atoms. The average Bonchev–Trinajstić information content (AvgIpc) is 2.32. The number of carbonyl (C=O) groups excluding carboxylic acids is 1.